The first kappa shape index (κ1) is 20.7. The zero-order chi connectivity index (χ0) is 22.2. The number of Topliss-reactive ketones (excluding diaryl/α,β-unsaturated/α-hetero) is 1. The molecule has 31 heavy (non-hydrogen) atoms. The van der Waals surface area contributed by atoms with E-state index in [1.54, 1.807) is 0 Å². The zero-order valence-corrected chi connectivity index (χ0v) is 20.1. The number of carbonyl (C=O) groups is 2. The Morgan fingerprint density at radius 2 is 1.58 bits per heavy atom. The molecule has 0 bridgehead atoms. The number of aliphatic hydroxyl groups excluding tert-OH is 1. The van der Waals surface area contributed by atoms with Crippen LogP contribution in [0.5, 0.6) is 0 Å². The van der Waals surface area contributed by atoms with Crippen molar-refractivity contribution in [2.45, 2.75) is 111 Å². The van der Waals surface area contributed by atoms with E-state index in [2.05, 4.69) is 34.6 Å². The van der Waals surface area contributed by atoms with E-state index < -0.39 is 0 Å². The van der Waals surface area contributed by atoms with Crippen molar-refractivity contribution in [1.29, 1.82) is 0 Å². The van der Waals surface area contributed by atoms with Crippen molar-refractivity contribution in [2.24, 2.45) is 44.8 Å². The maximum absolute atomic E-state index is 12.8. The molecule has 172 valence electrons. The molecule has 1 aliphatic heterocycles. The number of fused-ring (bicyclic) bond motifs is 2. The number of aliphatic hydroxyl groups is 1. The quantitative estimate of drug-likeness (QED) is 0.593. The van der Waals surface area contributed by atoms with Gasteiger partial charge in [0.25, 0.3) is 0 Å². The molecule has 9 atom stereocenters. The predicted octanol–water partition coefficient (Wildman–Crippen LogP) is 5.06. The topological polar surface area (TPSA) is 63.6 Å². The smallest absolute Gasteiger partial charge is 0.306 e. The summed E-state index contributed by atoms with van der Waals surface area (Å²) in [5, 5.41) is 11.7. The fourth-order valence-corrected chi connectivity index (χ4v) is 11.1. The van der Waals surface area contributed by atoms with Crippen LogP contribution in [0.15, 0.2) is 0 Å². The molecule has 1 heterocycles. The predicted molar refractivity (Wildman–Crippen MR) is 117 cm³/mol. The summed E-state index contributed by atoms with van der Waals surface area (Å²) in [7, 11) is 0. The van der Waals surface area contributed by atoms with Gasteiger partial charge in [-0.1, -0.05) is 27.7 Å². The first-order chi connectivity index (χ1) is 14.4. The zero-order valence-electron chi connectivity index (χ0n) is 20.1. The van der Waals surface area contributed by atoms with Crippen LogP contribution in [-0.2, 0) is 14.3 Å². The molecule has 0 amide bonds. The van der Waals surface area contributed by atoms with Gasteiger partial charge in [0.05, 0.1) is 6.10 Å². The lowest BCUT2D eigenvalue weighted by Crippen LogP contribution is -2.62. The first-order valence-electron chi connectivity index (χ1n) is 12.8. The number of ketones is 1. The molecule has 6 rings (SSSR count). The second kappa shape index (κ2) is 5.59. The normalized spacial score (nSPS) is 59.3. The molecule has 5 saturated carbocycles. The Hall–Kier alpha value is -0.900. The number of ether oxygens (including phenoxy) is 1. The Labute approximate surface area is 186 Å². The van der Waals surface area contributed by atoms with Crippen LogP contribution in [0.4, 0.5) is 0 Å². The average Bonchev–Trinajstić information content (AvgIpc) is 3.06. The number of hydrogen-bond donors (Lipinski definition) is 1. The Kier molecular flexibility index (Phi) is 3.73. The van der Waals surface area contributed by atoms with Crippen LogP contribution in [0.1, 0.15) is 98.8 Å². The van der Waals surface area contributed by atoms with E-state index in [1.165, 1.54) is 12.8 Å². The van der Waals surface area contributed by atoms with E-state index in [9.17, 15) is 14.7 Å². The highest BCUT2D eigenvalue weighted by Gasteiger charge is 2.84. The molecule has 4 nitrogen and oxygen atoms in total. The third-order valence-corrected chi connectivity index (χ3v) is 12.7. The van der Waals surface area contributed by atoms with Gasteiger partial charge in [-0.3, -0.25) is 9.59 Å². The van der Waals surface area contributed by atoms with Crippen molar-refractivity contribution in [3.63, 3.8) is 0 Å². The highest BCUT2D eigenvalue weighted by Crippen LogP contribution is 2.89. The van der Waals surface area contributed by atoms with Gasteiger partial charge in [-0.05, 0) is 91.8 Å². The molecule has 4 heteroatoms. The molecule has 0 aromatic carbocycles. The van der Waals surface area contributed by atoms with Gasteiger partial charge in [-0.15, -0.1) is 0 Å². The van der Waals surface area contributed by atoms with Gasteiger partial charge in [0, 0.05) is 24.2 Å². The van der Waals surface area contributed by atoms with Crippen molar-refractivity contribution >= 4 is 11.8 Å². The van der Waals surface area contributed by atoms with Crippen LogP contribution < -0.4 is 0 Å². The molecule has 2 spiro atoms. The van der Waals surface area contributed by atoms with Crippen molar-refractivity contribution in [3.05, 3.63) is 0 Å². The Morgan fingerprint density at radius 3 is 2.26 bits per heavy atom. The summed E-state index contributed by atoms with van der Waals surface area (Å²) in [6, 6.07) is 0. The monoisotopic (exact) mass is 428 g/mol. The number of carbonyl (C=O) groups excluding carboxylic acids is 2. The van der Waals surface area contributed by atoms with Crippen LogP contribution in [-0.4, -0.2) is 28.6 Å². The van der Waals surface area contributed by atoms with E-state index >= 15 is 0 Å². The lowest BCUT2D eigenvalue weighted by atomic mass is 9.41. The van der Waals surface area contributed by atoms with Crippen LogP contribution >= 0.6 is 0 Å². The number of rotatable bonds is 1. The van der Waals surface area contributed by atoms with E-state index in [-0.39, 0.29) is 44.7 Å². The van der Waals surface area contributed by atoms with E-state index in [1.807, 2.05) is 0 Å². The second-order valence-corrected chi connectivity index (χ2v) is 13.7. The van der Waals surface area contributed by atoms with E-state index in [4.69, 9.17) is 4.74 Å². The van der Waals surface area contributed by atoms with Crippen LogP contribution in [0.3, 0.4) is 0 Å². The molecule has 1 saturated heterocycles. The Bertz CT molecular complexity index is 878. The minimum absolute atomic E-state index is 0.0391. The Balaban J connectivity index is 1.40. The lowest BCUT2D eigenvalue weighted by Gasteiger charge is -2.64. The molecule has 0 radical (unpaired) electrons. The van der Waals surface area contributed by atoms with Gasteiger partial charge in [0.2, 0.25) is 0 Å². The Morgan fingerprint density at radius 1 is 0.839 bits per heavy atom. The van der Waals surface area contributed by atoms with Crippen LogP contribution in [0, 0.1) is 44.8 Å². The highest BCUT2D eigenvalue weighted by atomic mass is 16.6. The molecular formula is C27H40O4. The van der Waals surface area contributed by atoms with E-state index in [0.29, 0.717) is 30.0 Å². The summed E-state index contributed by atoms with van der Waals surface area (Å²) in [5.74, 6) is 1.37. The fraction of sp³-hybridized carbons (Fsp3) is 0.926. The summed E-state index contributed by atoms with van der Waals surface area (Å²) >= 11 is 0. The summed E-state index contributed by atoms with van der Waals surface area (Å²) in [4.78, 5) is 24.9. The highest BCUT2D eigenvalue weighted by molar-refractivity contribution is 5.86. The molecule has 6 fully saturated rings. The standard InChI is InChI=1S/C27H40O4/c1-22(2)18-14-16(28)21-24(4)9-6-17(25(5)10-8-20(30)31-25)23(24,3)12-13-27(21)15-26(18,27)11-7-19(22)29/h16-18,21,28H,6-15H2,1-5H3/t16-,17-,18-,21-,23+,24-,25+,26+,27-/m0/s1. The van der Waals surface area contributed by atoms with Gasteiger partial charge in [0.15, 0.2) is 0 Å². The molecule has 0 aromatic rings. The largest absolute Gasteiger partial charge is 0.459 e. The number of hydrogen-bond acceptors (Lipinski definition) is 4. The SMILES string of the molecule is CC1(C)C(=O)CC[C@]23C[C@]24CC[C@]2(C)[C@@H]([C@@]5(C)CCC(=O)O5)CC[C@@]2(C)[C@@H]4[C@@H](O)C[C@@H]13. The van der Waals surface area contributed by atoms with Gasteiger partial charge in [0.1, 0.15) is 11.4 Å². The molecule has 0 unspecified atom stereocenters. The number of cyclic esters (lactones) is 1. The molecular weight excluding hydrogens is 388 g/mol. The fourth-order valence-electron chi connectivity index (χ4n) is 11.1. The summed E-state index contributed by atoms with van der Waals surface area (Å²) in [5.41, 5.74) is -0.0344. The van der Waals surface area contributed by atoms with Gasteiger partial charge in [-0.25, -0.2) is 0 Å². The lowest BCUT2D eigenvalue weighted by molar-refractivity contribution is -0.200. The summed E-state index contributed by atoms with van der Waals surface area (Å²) in [6.07, 6.45) is 9.35. The maximum atomic E-state index is 12.8. The van der Waals surface area contributed by atoms with Crippen molar-refractivity contribution < 1.29 is 19.4 Å². The van der Waals surface area contributed by atoms with Crippen molar-refractivity contribution in [1.82, 2.24) is 0 Å². The molecule has 1 N–H and O–H groups in total. The van der Waals surface area contributed by atoms with Crippen molar-refractivity contribution in [2.75, 3.05) is 0 Å². The van der Waals surface area contributed by atoms with Crippen molar-refractivity contribution in [3.8, 4) is 0 Å². The minimum atomic E-state index is -0.350. The summed E-state index contributed by atoms with van der Waals surface area (Å²) < 4.78 is 5.98. The maximum Gasteiger partial charge on any atom is 0.306 e. The molecule has 0 aromatic heterocycles. The molecule has 6 aliphatic rings. The molecule has 5 aliphatic carbocycles. The average molecular weight is 429 g/mol. The number of esters is 1. The van der Waals surface area contributed by atoms with Gasteiger partial charge in [-0.2, -0.15) is 0 Å². The van der Waals surface area contributed by atoms with Crippen LogP contribution in [0.2, 0.25) is 0 Å². The third kappa shape index (κ3) is 2.09. The minimum Gasteiger partial charge on any atom is -0.459 e. The third-order valence-electron chi connectivity index (χ3n) is 12.7. The van der Waals surface area contributed by atoms with Gasteiger partial charge >= 0.3 is 5.97 Å². The first-order valence-corrected chi connectivity index (χ1v) is 12.8. The van der Waals surface area contributed by atoms with Crippen LogP contribution in [0.25, 0.3) is 0 Å². The van der Waals surface area contributed by atoms with E-state index in [0.717, 1.165) is 44.9 Å². The summed E-state index contributed by atoms with van der Waals surface area (Å²) in [6.45, 7) is 11.4. The van der Waals surface area contributed by atoms with Gasteiger partial charge < -0.3 is 9.84 Å². The second-order valence-electron chi connectivity index (χ2n) is 13.7.